The summed E-state index contributed by atoms with van der Waals surface area (Å²) in [6, 6.07) is 7.90. The average molecular weight is 349 g/mol. The van der Waals surface area contributed by atoms with Crippen LogP contribution in [0.2, 0.25) is 0 Å². The summed E-state index contributed by atoms with van der Waals surface area (Å²) in [6.45, 7) is 11.2. The van der Waals surface area contributed by atoms with Crippen molar-refractivity contribution in [3.05, 3.63) is 48.0 Å². The number of pyridine rings is 1. The summed E-state index contributed by atoms with van der Waals surface area (Å²) < 4.78 is 1.74. The predicted octanol–water partition coefficient (Wildman–Crippen LogP) is 3.38. The lowest BCUT2D eigenvalue weighted by Crippen LogP contribution is -2.70. The van der Waals surface area contributed by atoms with E-state index in [1.54, 1.807) is 10.9 Å². The molecule has 1 saturated heterocycles. The van der Waals surface area contributed by atoms with Crippen LogP contribution in [0.25, 0.3) is 16.5 Å². The number of hydrogen-bond acceptors (Lipinski definition) is 4. The third kappa shape index (κ3) is 2.18. The molecule has 0 radical (unpaired) electrons. The molecule has 134 valence electrons. The Labute approximate surface area is 152 Å². The van der Waals surface area contributed by atoms with Gasteiger partial charge in [0.2, 0.25) is 0 Å². The lowest BCUT2D eigenvalue weighted by Gasteiger charge is -2.61. The Morgan fingerprint density at radius 1 is 1.15 bits per heavy atom. The van der Waals surface area contributed by atoms with Crippen molar-refractivity contribution in [2.45, 2.75) is 40.2 Å². The lowest BCUT2D eigenvalue weighted by molar-refractivity contribution is -0.0884. The fourth-order valence-corrected chi connectivity index (χ4v) is 3.56. The van der Waals surface area contributed by atoms with Crippen LogP contribution in [-0.2, 0) is 0 Å². The van der Waals surface area contributed by atoms with Crippen LogP contribution >= 0.6 is 0 Å². The van der Waals surface area contributed by atoms with Gasteiger partial charge in [0.15, 0.2) is 5.69 Å². The smallest absolute Gasteiger partial charge is 0.276 e. The molecule has 1 aliphatic heterocycles. The molecule has 0 spiro atoms. The normalized spacial score (nSPS) is 18.0. The standard InChI is InChI=1S/C20H23N5O/c1-13-17(18(26)24-12-19(2,3)20(24,4)5)22-23-25(13)16-8-6-7-14-11-21-10-9-15(14)16/h6-11H,12H2,1-5H3. The van der Waals surface area contributed by atoms with Crippen molar-refractivity contribution >= 4 is 16.7 Å². The van der Waals surface area contributed by atoms with E-state index in [4.69, 9.17) is 0 Å². The Balaban J connectivity index is 1.75. The number of amides is 1. The highest BCUT2D eigenvalue weighted by Gasteiger charge is 2.55. The largest absolute Gasteiger partial charge is 0.331 e. The highest BCUT2D eigenvalue weighted by atomic mass is 16.2. The number of rotatable bonds is 2. The van der Waals surface area contributed by atoms with Crippen LogP contribution in [0, 0.1) is 12.3 Å². The van der Waals surface area contributed by atoms with Crippen LogP contribution < -0.4 is 0 Å². The van der Waals surface area contributed by atoms with Crippen molar-refractivity contribution < 1.29 is 4.79 Å². The molecule has 1 aliphatic rings. The Bertz CT molecular complexity index is 1010. The van der Waals surface area contributed by atoms with Gasteiger partial charge in [-0.15, -0.1) is 5.10 Å². The molecule has 2 aromatic heterocycles. The molecule has 0 unspecified atom stereocenters. The van der Waals surface area contributed by atoms with E-state index in [9.17, 15) is 4.79 Å². The summed E-state index contributed by atoms with van der Waals surface area (Å²) in [5, 5.41) is 10.6. The van der Waals surface area contributed by atoms with Gasteiger partial charge in [-0.05, 0) is 32.9 Å². The average Bonchev–Trinajstić information content (AvgIpc) is 3.00. The zero-order chi connectivity index (χ0) is 18.7. The van der Waals surface area contributed by atoms with E-state index in [0.29, 0.717) is 5.69 Å². The van der Waals surface area contributed by atoms with Gasteiger partial charge in [-0.25, -0.2) is 4.68 Å². The third-order valence-corrected chi connectivity index (χ3v) is 6.11. The topological polar surface area (TPSA) is 63.9 Å². The van der Waals surface area contributed by atoms with E-state index < -0.39 is 0 Å². The molecule has 6 heteroatoms. The van der Waals surface area contributed by atoms with Crippen LogP contribution in [0.3, 0.4) is 0 Å². The van der Waals surface area contributed by atoms with E-state index in [-0.39, 0.29) is 16.9 Å². The molecule has 3 aromatic rings. The Morgan fingerprint density at radius 2 is 1.92 bits per heavy atom. The Kier molecular flexibility index (Phi) is 3.45. The summed E-state index contributed by atoms with van der Waals surface area (Å²) in [5.74, 6) is -0.0556. The number of carbonyl (C=O) groups excluding carboxylic acids is 1. The zero-order valence-electron chi connectivity index (χ0n) is 15.8. The Morgan fingerprint density at radius 3 is 2.62 bits per heavy atom. The summed E-state index contributed by atoms with van der Waals surface area (Å²) >= 11 is 0. The monoisotopic (exact) mass is 349 g/mol. The molecule has 4 rings (SSSR count). The molecule has 6 nitrogen and oxygen atoms in total. The quantitative estimate of drug-likeness (QED) is 0.711. The molecule has 0 N–H and O–H groups in total. The van der Waals surface area contributed by atoms with Gasteiger partial charge in [-0.1, -0.05) is 31.2 Å². The molecule has 0 atom stereocenters. The first-order valence-corrected chi connectivity index (χ1v) is 8.81. The number of nitrogens with zero attached hydrogens (tertiary/aromatic N) is 5. The molecular formula is C20H23N5O. The molecular weight excluding hydrogens is 326 g/mol. The zero-order valence-corrected chi connectivity index (χ0v) is 15.8. The van der Waals surface area contributed by atoms with Gasteiger partial charge in [0.1, 0.15) is 0 Å². The van der Waals surface area contributed by atoms with E-state index in [2.05, 4.69) is 43.0 Å². The van der Waals surface area contributed by atoms with E-state index in [0.717, 1.165) is 28.7 Å². The number of benzene rings is 1. The first kappa shape index (κ1) is 16.7. The van der Waals surface area contributed by atoms with Crippen molar-refractivity contribution in [3.63, 3.8) is 0 Å². The molecule has 1 amide bonds. The second kappa shape index (κ2) is 5.37. The SMILES string of the molecule is Cc1c(C(=O)N2CC(C)(C)C2(C)C)nnn1-c1cccc2cnccc12. The van der Waals surface area contributed by atoms with Crippen LogP contribution in [0.4, 0.5) is 0 Å². The summed E-state index contributed by atoms with van der Waals surface area (Å²) in [4.78, 5) is 19.1. The number of fused-ring (bicyclic) bond motifs is 1. The van der Waals surface area contributed by atoms with E-state index >= 15 is 0 Å². The number of aromatic nitrogens is 4. The molecule has 0 aliphatic carbocycles. The fourth-order valence-electron chi connectivity index (χ4n) is 3.56. The first-order valence-electron chi connectivity index (χ1n) is 8.81. The lowest BCUT2D eigenvalue weighted by atomic mass is 9.65. The van der Waals surface area contributed by atoms with Crippen LogP contribution in [-0.4, -0.2) is 42.9 Å². The maximum atomic E-state index is 13.1. The van der Waals surface area contributed by atoms with E-state index in [1.165, 1.54) is 0 Å². The fraction of sp³-hybridized carbons (Fsp3) is 0.400. The molecule has 1 fully saturated rings. The predicted molar refractivity (Wildman–Crippen MR) is 100 cm³/mol. The minimum Gasteiger partial charge on any atom is -0.331 e. The molecule has 0 saturated carbocycles. The number of hydrogen-bond donors (Lipinski definition) is 0. The highest BCUT2D eigenvalue weighted by Crippen LogP contribution is 2.46. The van der Waals surface area contributed by atoms with Gasteiger partial charge in [0, 0.05) is 40.7 Å². The minimum absolute atomic E-state index is 0.0556. The first-order chi connectivity index (χ1) is 12.2. The van der Waals surface area contributed by atoms with E-state index in [1.807, 2.05) is 42.3 Å². The van der Waals surface area contributed by atoms with Crippen molar-refractivity contribution in [2.75, 3.05) is 6.54 Å². The minimum atomic E-state index is -0.203. The Hall–Kier alpha value is -2.76. The molecule has 3 heterocycles. The second-order valence-corrected chi connectivity index (χ2v) is 8.14. The van der Waals surface area contributed by atoms with Crippen molar-refractivity contribution in [3.8, 4) is 5.69 Å². The van der Waals surface area contributed by atoms with Crippen molar-refractivity contribution in [1.82, 2.24) is 24.9 Å². The second-order valence-electron chi connectivity index (χ2n) is 8.14. The van der Waals surface area contributed by atoms with Crippen LogP contribution in [0.1, 0.15) is 43.9 Å². The number of carbonyl (C=O) groups is 1. The highest BCUT2D eigenvalue weighted by molar-refractivity contribution is 5.95. The van der Waals surface area contributed by atoms with Crippen molar-refractivity contribution in [2.24, 2.45) is 5.41 Å². The summed E-state index contributed by atoms with van der Waals surface area (Å²) in [7, 11) is 0. The van der Waals surface area contributed by atoms with Crippen LogP contribution in [0.15, 0.2) is 36.7 Å². The summed E-state index contributed by atoms with van der Waals surface area (Å²) in [6.07, 6.45) is 3.58. The molecule has 26 heavy (non-hydrogen) atoms. The van der Waals surface area contributed by atoms with Gasteiger partial charge in [0.25, 0.3) is 5.91 Å². The maximum absolute atomic E-state index is 13.1. The molecule has 0 bridgehead atoms. The van der Waals surface area contributed by atoms with Gasteiger partial charge in [-0.3, -0.25) is 9.78 Å². The van der Waals surface area contributed by atoms with Gasteiger partial charge < -0.3 is 4.90 Å². The maximum Gasteiger partial charge on any atom is 0.276 e. The number of likely N-dealkylation sites (tertiary alicyclic amines) is 1. The summed E-state index contributed by atoms with van der Waals surface area (Å²) in [5.41, 5.74) is 1.96. The van der Waals surface area contributed by atoms with Gasteiger partial charge >= 0.3 is 0 Å². The third-order valence-electron chi connectivity index (χ3n) is 6.11. The molecule has 1 aromatic carbocycles. The van der Waals surface area contributed by atoms with Gasteiger partial charge in [-0.2, -0.15) is 0 Å². The van der Waals surface area contributed by atoms with Crippen LogP contribution in [0.5, 0.6) is 0 Å². The van der Waals surface area contributed by atoms with Crippen molar-refractivity contribution in [1.29, 1.82) is 0 Å². The van der Waals surface area contributed by atoms with Gasteiger partial charge in [0.05, 0.1) is 11.4 Å².